The number of piperidine rings is 1. The monoisotopic (exact) mass is 366 g/mol. The molecule has 1 unspecified atom stereocenters. The molecular weight excluding hydrogens is 340 g/mol. The summed E-state index contributed by atoms with van der Waals surface area (Å²) in [5.41, 5.74) is 1.23. The summed E-state index contributed by atoms with van der Waals surface area (Å²) in [5, 5.41) is 4.29. The zero-order chi connectivity index (χ0) is 18.4. The molecule has 1 saturated carbocycles. The minimum atomic E-state index is 0.192. The molecule has 6 heteroatoms. The third-order valence-electron chi connectivity index (χ3n) is 6.57. The maximum absolute atomic E-state index is 12.3. The lowest BCUT2D eigenvalue weighted by molar-refractivity contribution is -0.134. The highest BCUT2D eigenvalue weighted by molar-refractivity contribution is 5.81. The molecule has 2 aromatic rings. The van der Waals surface area contributed by atoms with E-state index in [2.05, 4.69) is 27.0 Å². The predicted molar refractivity (Wildman–Crippen MR) is 101 cm³/mol. The minimum absolute atomic E-state index is 0.192. The Morgan fingerprint density at radius 2 is 1.93 bits per heavy atom. The second kappa shape index (κ2) is 6.44. The Labute approximate surface area is 159 Å². The highest BCUT2D eigenvalue weighted by Gasteiger charge is 2.47. The van der Waals surface area contributed by atoms with Crippen LogP contribution in [0.25, 0.3) is 11.5 Å². The molecule has 142 valence electrons. The fourth-order valence-corrected chi connectivity index (χ4v) is 4.78. The molecule has 1 aliphatic carbocycles. The van der Waals surface area contributed by atoms with Gasteiger partial charge in [0.05, 0.1) is 6.04 Å². The fourth-order valence-electron chi connectivity index (χ4n) is 4.78. The first kappa shape index (κ1) is 16.9. The van der Waals surface area contributed by atoms with Gasteiger partial charge in [-0.3, -0.25) is 9.69 Å². The van der Waals surface area contributed by atoms with Crippen LogP contribution in [0.3, 0.4) is 0 Å². The molecule has 5 rings (SSSR count). The Balaban J connectivity index is 1.28. The molecule has 1 aromatic carbocycles. The van der Waals surface area contributed by atoms with Crippen molar-refractivity contribution in [2.45, 2.75) is 38.1 Å². The molecule has 1 amide bonds. The summed E-state index contributed by atoms with van der Waals surface area (Å²) in [5.74, 6) is 2.08. The maximum Gasteiger partial charge on any atom is 0.257 e. The standard InChI is InChI=1S/C21H26N4O2/c1-24-14-21(9-11-25(12-10-21)20(26)16-7-8-16)13-17(24)18-22-19(27-23-18)15-5-3-2-4-6-15/h2-6,16-17H,7-14H2,1H3. The first-order valence-corrected chi connectivity index (χ1v) is 10.0. The van der Waals surface area contributed by atoms with Gasteiger partial charge in [0, 0.05) is 31.1 Å². The average Bonchev–Trinajstić information content (AvgIpc) is 3.35. The molecule has 1 atom stereocenters. The molecule has 3 heterocycles. The van der Waals surface area contributed by atoms with Gasteiger partial charge in [-0.2, -0.15) is 4.98 Å². The Morgan fingerprint density at radius 1 is 1.19 bits per heavy atom. The molecule has 0 radical (unpaired) electrons. The Bertz CT molecular complexity index is 822. The van der Waals surface area contributed by atoms with E-state index < -0.39 is 0 Å². The summed E-state index contributed by atoms with van der Waals surface area (Å²) in [6.07, 6.45) is 5.38. The third-order valence-corrected chi connectivity index (χ3v) is 6.57. The summed E-state index contributed by atoms with van der Waals surface area (Å²) in [4.78, 5) is 21.5. The van der Waals surface area contributed by atoms with Crippen LogP contribution in [0.4, 0.5) is 0 Å². The fraction of sp³-hybridized carbons (Fsp3) is 0.571. The molecule has 2 aliphatic heterocycles. The van der Waals surface area contributed by atoms with Crippen LogP contribution in [-0.4, -0.2) is 52.5 Å². The van der Waals surface area contributed by atoms with E-state index in [1.807, 2.05) is 30.3 Å². The van der Waals surface area contributed by atoms with E-state index in [1.165, 1.54) is 0 Å². The van der Waals surface area contributed by atoms with Crippen molar-refractivity contribution in [3.05, 3.63) is 36.2 Å². The van der Waals surface area contributed by atoms with Crippen LogP contribution >= 0.6 is 0 Å². The number of carbonyl (C=O) groups excluding carboxylic acids is 1. The topological polar surface area (TPSA) is 62.5 Å². The zero-order valence-electron chi connectivity index (χ0n) is 15.8. The summed E-state index contributed by atoms with van der Waals surface area (Å²) in [6.45, 7) is 2.84. The lowest BCUT2D eigenvalue weighted by Crippen LogP contribution is -2.44. The molecule has 1 spiro atoms. The number of amides is 1. The van der Waals surface area contributed by atoms with E-state index in [0.717, 1.165) is 63.1 Å². The number of rotatable bonds is 3. The van der Waals surface area contributed by atoms with Crippen molar-refractivity contribution in [1.82, 2.24) is 19.9 Å². The van der Waals surface area contributed by atoms with Crippen LogP contribution in [0.2, 0.25) is 0 Å². The highest BCUT2D eigenvalue weighted by atomic mass is 16.5. The van der Waals surface area contributed by atoms with Crippen molar-refractivity contribution in [1.29, 1.82) is 0 Å². The largest absolute Gasteiger partial charge is 0.342 e. The summed E-state index contributed by atoms with van der Waals surface area (Å²) in [6, 6.07) is 10.1. The number of hydrogen-bond acceptors (Lipinski definition) is 5. The van der Waals surface area contributed by atoms with Gasteiger partial charge in [-0.1, -0.05) is 23.4 Å². The SMILES string of the molecule is CN1CC2(CCN(C(=O)C3CC3)CC2)CC1c1noc(-c2ccccc2)n1. The number of benzene rings is 1. The van der Waals surface area contributed by atoms with Gasteiger partial charge in [0.2, 0.25) is 5.91 Å². The van der Waals surface area contributed by atoms with E-state index in [9.17, 15) is 4.79 Å². The Morgan fingerprint density at radius 3 is 2.63 bits per heavy atom. The van der Waals surface area contributed by atoms with Crippen molar-refractivity contribution in [3.63, 3.8) is 0 Å². The number of nitrogens with zero attached hydrogens (tertiary/aromatic N) is 4. The van der Waals surface area contributed by atoms with Gasteiger partial charge >= 0.3 is 0 Å². The van der Waals surface area contributed by atoms with Gasteiger partial charge in [-0.25, -0.2) is 0 Å². The average molecular weight is 366 g/mol. The van der Waals surface area contributed by atoms with Crippen LogP contribution in [-0.2, 0) is 4.79 Å². The number of hydrogen-bond donors (Lipinski definition) is 0. The molecule has 27 heavy (non-hydrogen) atoms. The van der Waals surface area contributed by atoms with Crippen molar-refractivity contribution >= 4 is 5.91 Å². The molecule has 6 nitrogen and oxygen atoms in total. The molecule has 3 fully saturated rings. The van der Waals surface area contributed by atoms with Crippen LogP contribution in [0.5, 0.6) is 0 Å². The normalized spacial score (nSPS) is 25.2. The zero-order valence-corrected chi connectivity index (χ0v) is 15.8. The number of carbonyl (C=O) groups is 1. The molecular formula is C21H26N4O2. The van der Waals surface area contributed by atoms with Gasteiger partial charge in [0.25, 0.3) is 5.89 Å². The highest BCUT2D eigenvalue weighted by Crippen LogP contribution is 2.48. The molecule has 2 saturated heterocycles. The molecule has 0 N–H and O–H groups in total. The van der Waals surface area contributed by atoms with Gasteiger partial charge in [0.1, 0.15) is 0 Å². The van der Waals surface area contributed by atoms with E-state index in [-0.39, 0.29) is 11.5 Å². The van der Waals surface area contributed by atoms with Gasteiger partial charge < -0.3 is 9.42 Å². The quantitative estimate of drug-likeness (QED) is 0.835. The number of likely N-dealkylation sites (tertiary alicyclic amines) is 2. The van der Waals surface area contributed by atoms with E-state index >= 15 is 0 Å². The maximum atomic E-state index is 12.3. The second-order valence-electron chi connectivity index (χ2n) is 8.56. The smallest absolute Gasteiger partial charge is 0.257 e. The van der Waals surface area contributed by atoms with Crippen molar-refractivity contribution in [3.8, 4) is 11.5 Å². The predicted octanol–water partition coefficient (Wildman–Crippen LogP) is 3.13. The minimum Gasteiger partial charge on any atom is -0.342 e. The lowest BCUT2D eigenvalue weighted by atomic mass is 9.76. The van der Waals surface area contributed by atoms with Crippen LogP contribution < -0.4 is 0 Å². The molecule has 1 aromatic heterocycles. The Kier molecular flexibility index (Phi) is 4.04. The van der Waals surface area contributed by atoms with Crippen LogP contribution in [0.1, 0.15) is 44.0 Å². The van der Waals surface area contributed by atoms with Crippen LogP contribution in [0.15, 0.2) is 34.9 Å². The first-order chi connectivity index (χ1) is 13.1. The summed E-state index contributed by atoms with van der Waals surface area (Å²) >= 11 is 0. The van der Waals surface area contributed by atoms with Crippen molar-refractivity contribution < 1.29 is 9.32 Å². The molecule has 0 bridgehead atoms. The van der Waals surface area contributed by atoms with Crippen LogP contribution in [0, 0.1) is 11.3 Å². The summed E-state index contributed by atoms with van der Waals surface area (Å²) in [7, 11) is 2.15. The Hall–Kier alpha value is -2.21. The van der Waals surface area contributed by atoms with E-state index in [1.54, 1.807) is 0 Å². The van der Waals surface area contributed by atoms with Gasteiger partial charge in [0.15, 0.2) is 5.82 Å². The lowest BCUT2D eigenvalue weighted by Gasteiger charge is -2.39. The first-order valence-electron chi connectivity index (χ1n) is 10.0. The van der Waals surface area contributed by atoms with E-state index in [0.29, 0.717) is 17.7 Å². The van der Waals surface area contributed by atoms with Gasteiger partial charge in [-0.15, -0.1) is 0 Å². The third kappa shape index (κ3) is 3.16. The second-order valence-corrected chi connectivity index (χ2v) is 8.56. The number of aromatic nitrogens is 2. The van der Waals surface area contributed by atoms with Gasteiger partial charge in [-0.05, 0) is 56.7 Å². The molecule has 3 aliphatic rings. The summed E-state index contributed by atoms with van der Waals surface area (Å²) < 4.78 is 5.53. The van der Waals surface area contributed by atoms with Crippen molar-refractivity contribution in [2.24, 2.45) is 11.3 Å². The van der Waals surface area contributed by atoms with Crippen molar-refractivity contribution in [2.75, 3.05) is 26.7 Å². The van der Waals surface area contributed by atoms with E-state index in [4.69, 9.17) is 4.52 Å².